The first kappa shape index (κ1) is 30.9. The number of unbranched alkanes of at least 4 members (excludes halogenated alkanes) is 2. The molecule has 4 unspecified atom stereocenters. The summed E-state index contributed by atoms with van der Waals surface area (Å²) in [4.78, 5) is 0. The summed E-state index contributed by atoms with van der Waals surface area (Å²) in [6.45, 7) is 16.7. The Morgan fingerprint density at radius 3 is 1.23 bits per heavy atom. The number of epoxide rings is 2. The molecule has 40 heavy (non-hydrogen) atoms. The molecule has 4 rings (SSSR count). The second-order valence-corrected chi connectivity index (χ2v) is 12.4. The molecule has 0 bridgehead atoms. The Kier molecular flexibility index (Phi) is 11.8. The minimum Gasteiger partial charge on any atom is -0.493 e. The molecule has 2 saturated heterocycles. The Balaban J connectivity index is 1.30. The van der Waals surface area contributed by atoms with Crippen molar-refractivity contribution < 1.29 is 18.9 Å². The summed E-state index contributed by atoms with van der Waals surface area (Å²) in [6, 6.07) is 9.09. The Morgan fingerprint density at radius 1 is 0.600 bits per heavy atom. The van der Waals surface area contributed by atoms with Crippen LogP contribution >= 0.6 is 0 Å². The van der Waals surface area contributed by atoms with E-state index in [4.69, 9.17) is 18.9 Å². The smallest absolute Gasteiger partial charge is 0.125 e. The summed E-state index contributed by atoms with van der Waals surface area (Å²) in [5.41, 5.74) is 7.31. The molecule has 2 aromatic carbocycles. The van der Waals surface area contributed by atoms with Gasteiger partial charge < -0.3 is 18.9 Å². The number of benzene rings is 2. The van der Waals surface area contributed by atoms with E-state index in [9.17, 15) is 0 Å². The molecule has 4 nitrogen and oxygen atoms in total. The fourth-order valence-electron chi connectivity index (χ4n) is 6.35. The molecule has 2 aliphatic rings. The number of hydrogen-bond donors (Lipinski definition) is 0. The molecule has 222 valence electrons. The van der Waals surface area contributed by atoms with Crippen LogP contribution in [0.2, 0.25) is 0 Å². The highest BCUT2D eigenvalue weighted by Crippen LogP contribution is 2.35. The predicted octanol–water partition coefficient (Wildman–Crippen LogP) is 9.32. The first-order chi connectivity index (χ1) is 19.4. The highest BCUT2D eigenvalue weighted by Gasteiger charge is 2.32. The summed E-state index contributed by atoms with van der Waals surface area (Å²) in [5, 5.41) is 0. The van der Waals surface area contributed by atoms with Crippen molar-refractivity contribution in [1.82, 2.24) is 0 Å². The normalized spacial score (nSPS) is 19.4. The zero-order valence-corrected chi connectivity index (χ0v) is 26.2. The average molecular weight is 551 g/mol. The van der Waals surface area contributed by atoms with Gasteiger partial charge >= 0.3 is 0 Å². The summed E-state index contributed by atoms with van der Waals surface area (Å²) in [7, 11) is 0. The zero-order valence-electron chi connectivity index (χ0n) is 26.2. The van der Waals surface area contributed by atoms with Gasteiger partial charge in [-0.25, -0.2) is 0 Å². The van der Waals surface area contributed by atoms with Crippen LogP contribution in [0, 0.1) is 39.5 Å². The SMILES string of the molecule is CCCCC(CCCOc1c(C)cc(-c2cc(C)c(OCCCC(CCCC)C3CO3)c(C)c2)cc1C)C1CO1. The highest BCUT2D eigenvalue weighted by molar-refractivity contribution is 5.70. The molecule has 0 spiro atoms. The third-order valence-corrected chi connectivity index (χ3v) is 8.81. The van der Waals surface area contributed by atoms with Gasteiger partial charge in [-0.1, -0.05) is 39.5 Å². The number of ether oxygens (including phenoxy) is 4. The van der Waals surface area contributed by atoms with Crippen molar-refractivity contribution in [1.29, 1.82) is 0 Å². The van der Waals surface area contributed by atoms with Crippen molar-refractivity contribution in [2.75, 3.05) is 26.4 Å². The van der Waals surface area contributed by atoms with Gasteiger partial charge in [0.05, 0.1) is 38.6 Å². The van der Waals surface area contributed by atoms with Crippen LogP contribution in [0.4, 0.5) is 0 Å². The van der Waals surface area contributed by atoms with Crippen molar-refractivity contribution in [3.05, 3.63) is 46.5 Å². The van der Waals surface area contributed by atoms with Crippen LogP contribution in [-0.2, 0) is 9.47 Å². The average Bonchev–Trinajstić information content (AvgIpc) is 3.84. The lowest BCUT2D eigenvalue weighted by Gasteiger charge is -2.18. The van der Waals surface area contributed by atoms with E-state index in [0.29, 0.717) is 24.0 Å². The van der Waals surface area contributed by atoms with Crippen molar-refractivity contribution >= 4 is 0 Å². The summed E-state index contributed by atoms with van der Waals surface area (Å²) >= 11 is 0. The van der Waals surface area contributed by atoms with Crippen molar-refractivity contribution in [2.45, 2.75) is 118 Å². The van der Waals surface area contributed by atoms with Gasteiger partial charge in [-0.3, -0.25) is 0 Å². The standard InChI is InChI=1S/C36H54O4/c1-7-9-13-29(33-23-39-33)15-11-17-37-35-25(3)19-31(20-26(35)4)32-21-27(5)36(28(6)22-32)38-18-12-16-30(14-10-8-2)34-24-40-34/h19-22,29-30,33-34H,7-18,23-24H2,1-6H3. The quantitative estimate of drug-likeness (QED) is 0.129. The van der Waals surface area contributed by atoms with E-state index in [1.807, 2.05) is 0 Å². The van der Waals surface area contributed by atoms with E-state index in [1.165, 1.54) is 84.7 Å². The molecule has 4 atom stereocenters. The Labute approximate surface area is 244 Å². The van der Waals surface area contributed by atoms with Crippen LogP contribution < -0.4 is 9.47 Å². The molecule has 0 N–H and O–H groups in total. The number of aryl methyl sites for hydroxylation is 4. The van der Waals surface area contributed by atoms with Crippen LogP contribution in [0.15, 0.2) is 24.3 Å². The van der Waals surface area contributed by atoms with Crippen LogP contribution in [0.25, 0.3) is 11.1 Å². The molecular formula is C36H54O4. The summed E-state index contributed by atoms with van der Waals surface area (Å²) in [6.07, 6.45) is 13.3. The summed E-state index contributed by atoms with van der Waals surface area (Å²) in [5.74, 6) is 3.48. The maximum absolute atomic E-state index is 6.32. The second kappa shape index (κ2) is 15.3. The zero-order chi connectivity index (χ0) is 28.5. The Hall–Kier alpha value is -2.04. The molecule has 0 radical (unpaired) electrons. The Bertz CT molecular complexity index is 937. The second-order valence-electron chi connectivity index (χ2n) is 12.4. The van der Waals surface area contributed by atoms with E-state index in [2.05, 4.69) is 65.8 Å². The van der Waals surface area contributed by atoms with Gasteiger partial charge in [0.15, 0.2) is 0 Å². The van der Waals surface area contributed by atoms with E-state index in [-0.39, 0.29) is 0 Å². The lowest BCUT2D eigenvalue weighted by molar-refractivity contribution is 0.255. The Morgan fingerprint density at radius 2 is 0.925 bits per heavy atom. The fourth-order valence-corrected chi connectivity index (χ4v) is 6.35. The minimum atomic E-state index is 0.503. The highest BCUT2D eigenvalue weighted by atomic mass is 16.6. The predicted molar refractivity (Wildman–Crippen MR) is 166 cm³/mol. The van der Waals surface area contributed by atoms with Gasteiger partial charge in [-0.05, 0) is 136 Å². The topological polar surface area (TPSA) is 43.5 Å². The van der Waals surface area contributed by atoms with Crippen molar-refractivity contribution in [3.8, 4) is 22.6 Å². The molecule has 2 aliphatic heterocycles. The molecule has 0 amide bonds. The van der Waals surface area contributed by atoms with Gasteiger partial charge in [0.25, 0.3) is 0 Å². The van der Waals surface area contributed by atoms with E-state index >= 15 is 0 Å². The molecule has 2 heterocycles. The maximum Gasteiger partial charge on any atom is 0.125 e. The molecule has 0 aliphatic carbocycles. The monoisotopic (exact) mass is 550 g/mol. The molecule has 2 aromatic rings. The first-order valence-electron chi connectivity index (χ1n) is 16.1. The van der Waals surface area contributed by atoms with Crippen LogP contribution in [0.1, 0.15) is 100 Å². The molecule has 4 heteroatoms. The fraction of sp³-hybridized carbons (Fsp3) is 0.667. The van der Waals surface area contributed by atoms with Gasteiger partial charge in [-0.15, -0.1) is 0 Å². The lowest BCUT2D eigenvalue weighted by atomic mass is 9.94. The minimum absolute atomic E-state index is 0.503. The molecule has 0 saturated carbocycles. The van der Waals surface area contributed by atoms with Crippen molar-refractivity contribution in [2.24, 2.45) is 11.8 Å². The third kappa shape index (κ3) is 8.98. The third-order valence-electron chi connectivity index (χ3n) is 8.81. The molecule has 0 aromatic heterocycles. The number of rotatable bonds is 19. The van der Waals surface area contributed by atoms with E-state index < -0.39 is 0 Å². The number of hydrogen-bond acceptors (Lipinski definition) is 4. The van der Waals surface area contributed by atoms with Crippen molar-refractivity contribution in [3.63, 3.8) is 0 Å². The van der Waals surface area contributed by atoms with Crippen LogP contribution in [0.3, 0.4) is 0 Å². The van der Waals surface area contributed by atoms with Gasteiger partial charge in [-0.2, -0.15) is 0 Å². The van der Waals surface area contributed by atoms with E-state index in [1.54, 1.807) is 0 Å². The van der Waals surface area contributed by atoms with Gasteiger partial charge in [0, 0.05) is 0 Å². The van der Waals surface area contributed by atoms with Crippen LogP contribution in [-0.4, -0.2) is 38.6 Å². The van der Waals surface area contributed by atoms with E-state index in [0.717, 1.165) is 50.8 Å². The molecular weight excluding hydrogens is 496 g/mol. The van der Waals surface area contributed by atoms with Crippen LogP contribution in [0.5, 0.6) is 11.5 Å². The first-order valence-corrected chi connectivity index (χ1v) is 16.1. The maximum atomic E-state index is 6.32. The van der Waals surface area contributed by atoms with Gasteiger partial charge in [0.2, 0.25) is 0 Å². The summed E-state index contributed by atoms with van der Waals surface area (Å²) < 4.78 is 23.9. The molecule has 2 fully saturated rings. The lowest BCUT2D eigenvalue weighted by Crippen LogP contribution is -2.11. The van der Waals surface area contributed by atoms with Gasteiger partial charge in [0.1, 0.15) is 11.5 Å². The largest absolute Gasteiger partial charge is 0.493 e.